The molecule has 1 heterocycles. The van der Waals surface area contributed by atoms with Crippen LogP contribution < -0.4 is 4.72 Å². The van der Waals surface area contributed by atoms with Gasteiger partial charge in [0.1, 0.15) is 0 Å². The molecule has 140 valence electrons. The maximum atomic E-state index is 12.6. The molecule has 0 saturated heterocycles. The van der Waals surface area contributed by atoms with E-state index < -0.39 is 10.0 Å². The number of aromatic nitrogens is 1. The average Bonchev–Trinajstić information content (AvgIpc) is 3.10. The summed E-state index contributed by atoms with van der Waals surface area (Å²) < 4.78 is 25.0. The van der Waals surface area contributed by atoms with Crippen LogP contribution in [0.3, 0.4) is 0 Å². The van der Waals surface area contributed by atoms with Crippen molar-refractivity contribution in [3.8, 4) is 0 Å². The Morgan fingerprint density at radius 3 is 2.19 bits per heavy atom. The van der Waals surface area contributed by atoms with Crippen LogP contribution in [0.25, 0.3) is 0 Å². The number of carbonyl (C=O) groups is 1. The zero-order valence-electron chi connectivity index (χ0n) is 15.5. The lowest BCUT2D eigenvalue weighted by molar-refractivity contribution is 0.103. The molecular formula is C21H22N2O3S. The van der Waals surface area contributed by atoms with Crippen molar-refractivity contribution < 1.29 is 13.2 Å². The molecular weight excluding hydrogens is 360 g/mol. The van der Waals surface area contributed by atoms with Gasteiger partial charge < -0.3 is 4.98 Å². The lowest BCUT2D eigenvalue weighted by Crippen LogP contribution is -2.09. The second kappa shape index (κ2) is 7.40. The molecule has 1 unspecified atom stereocenters. The molecule has 27 heavy (non-hydrogen) atoms. The summed E-state index contributed by atoms with van der Waals surface area (Å²) in [6.07, 6.45) is 1.12. The number of H-pyrrole nitrogens is 1. The van der Waals surface area contributed by atoms with Gasteiger partial charge in [-0.1, -0.05) is 48.9 Å². The average molecular weight is 382 g/mol. The number of benzene rings is 2. The zero-order chi connectivity index (χ0) is 19.6. The fourth-order valence-corrected chi connectivity index (χ4v) is 3.46. The van der Waals surface area contributed by atoms with Crippen molar-refractivity contribution >= 4 is 21.5 Å². The lowest BCUT2D eigenvalue weighted by Gasteiger charge is -2.12. The number of hydrogen-bond acceptors (Lipinski definition) is 3. The first-order chi connectivity index (χ1) is 12.7. The number of hydrogen-bond donors (Lipinski definition) is 2. The molecule has 0 bridgehead atoms. The number of anilines is 1. The highest BCUT2D eigenvalue weighted by atomic mass is 32.2. The summed E-state index contributed by atoms with van der Waals surface area (Å²) in [5, 5.41) is 0. The first-order valence-corrected chi connectivity index (χ1v) is 10.5. The fraction of sp³-hybridized carbons (Fsp3) is 0.190. The monoisotopic (exact) mass is 382 g/mol. The summed E-state index contributed by atoms with van der Waals surface area (Å²) in [6.45, 7) is 4.02. The van der Waals surface area contributed by atoms with Crippen molar-refractivity contribution in [1.29, 1.82) is 0 Å². The van der Waals surface area contributed by atoms with Crippen LogP contribution in [0, 0.1) is 6.92 Å². The van der Waals surface area contributed by atoms with E-state index in [0.29, 0.717) is 16.9 Å². The maximum Gasteiger partial charge on any atom is 0.229 e. The molecule has 6 heteroatoms. The molecule has 0 amide bonds. The summed E-state index contributed by atoms with van der Waals surface area (Å²) in [5.41, 5.74) is 4.78. The van der Waals surface area contributed by atoms with Gasteiger partial charge in [0.25, 0.3) is 0 Å². The molecule has 1 atom stereocenters. The largest absolute Gasteiger partial charge is 0.355 e. The molecule has 2 aromatic carbocycles. The third-order valence-electron chi connectivity index (χ3n) is 4.45. The Hall–Kier alpha value is -2.86. The number of nitrogens with one attached hydrogen (secondary N) is 2. The highest BCUT2D eigenvalue weighted by Crippen LogP contribution is 2.25. The maximum absolute atomic E-state index is 12.6. The molecule has 2 N–H and O–H groups in total. The SMILES string of the molecule is Cc1ccc(C(=O)c2ccc(C(C)c3ccc(NS(C)(=O)=O)cc3)[nH]2)cc1. The van der Waals surface area contributed by atoms with E-state index in [1.54, 1.807) is 18.2 Å². The summed E-state index contributed by atoms with van der Waals surface area (Å²) in [4.78, 5) is 15.8. The highest BCUT2D eigenvalue weighted by molar-refractivity contribution is 7.92. The van der Waals surface area contributed by atoms with Crippen LogP contribution in [0.1, 0.15) is 45.7 Å². The number of sulfonamides is 1. The molecule has 0 fully saturated rings. The van der Waals surface area contributed by atoms with E-state index in [1.165, 1.54) is 0 Å². The van der Waals surface area contributed by atoms with E-state index >= 15 is 0 Å². The number of rotatable bonds is 6. The van der Waals surface area contributed by atoms with Gasteiger partial charge in [-0.15, -0.1) is 0 Å². The first-order valence-electron chi connectivity index (χ1n) is 8.61. The topological polar surface area (TPSA) is 79.0 Å². The number of aryl methyl sites for hydroxylation is 1. The quantitative estimate of drug-likeness (QED) is 0.631. The highest BCUT2D eigenvalue weighted by Gasteiger charge is 2.15. The summed E-state index contributed by atoms with van der Waals surface area (Å²) in [5.74, 6) is -0.00185. The van der Waals surface area contributed by atoms with Crippen LogP contribution in [0.15, 0.2) is 60.7 Å². The summed E-state index contributed by atoms with van der Waals surface area (Å²) >= 11 is 0. The van der Waals surface area contributed by atoms with E-state index in [4.69, 9.17) is 0 Å². The van der Waals surface area contributed by atoms with Crippen molar-refractivity contribution in [2.24, 2.45) is 0 Å². The van der Waals surface area contributed by atoms with E-state index in [9.17, 15) is 13.2 Å². The van der Waals surface area contributed by atoms with E-state index in [-0.39, 0.29) is 11.7 Å². The Bertz CT molecular complexity index is 1050. The van der Waals surface area contributed by atoms with Crippen LogP contribution in [0.2, 0.25) is 0 Å². The van der Waals surface area contributed by atoms with Crippen LogP contribution in [-0.2, 0) is 10.0 Å². The van der Waals surface area contributed by atoms with Crippen molar-refractivity contribution in [2.75, 3.05) is 11.0 Å². The van der Waals surface area contributed by atoms with Gasteiger partial charge in [-0.3, -0.25) is 9.52 Å². The van der Waals surface area contributed by atoms with Gasteiger partial charge in [0, 0.05) is 22.9 Å². The van der Waals surface area contributed by atoms with Gasteiger partial charge in [0.05, 0.1) is 11.9 Å². The van der Waals surface area contributed by atoms with E-state index in [2.05, 4.69) is 9.71 Å². The molecule has 3 aromatic rings. The first kappa shape index (κ1) is 18.9. The molecule has 0 aliphatic heterocycles. The lowest BCUT2D eigenvalue weighted by atomic mass is 9.98. The van der Waals surface area contributed by atoms with Crippen LogP contribution in [0.5, 0.6) is 0 Å². The van der Waals surface area contributed by atoms with Gasteiger partial charge in [0.2, 0.25) is 15.8 Å². The zero-order valence-corrected chi connectivity index (χ0v) is 16.3. The smallest absolute Gasteiger partial charge is 0.229 e. The van der Waals surface area contributed by atoms with Gasteiger partial charge in [-0.25, -0.2) is 8.42 Å². The van der Waals surface area contributed by atoms with E-state index in [1.807, 2.05) is 56.3 Å². The van der Waals surface area contributed by atoms with Gasteiger partial charge in [-0.05, 0) is 36.8 Å². The normalized spacial score (nSPS) is 12.6. The Morgan fingerprint density at radius 1 is 0.963 bits per heavy atom. The Kier molecular flexibility index (Phi) is 5.19. The van der Waals surface area contributed by atoms with Crippen molar-refractivity contribution in [3.05, 3.63) is 88.7 Å². The molecule has 0 radical (unpaired) electrons. The van der Waals surface area contributed by atoms with Gasteiger partial charge >= 0.3 is 0 Å². The number of carbonyl (C=O) groups excluding carboxylic acids is 1. The number of aromatic amines is 1. The molecule has 0 spiro atoms. The van der Waals surface area contributed by atoms with Crippen molar-refractivity contribution in [1.82, 2.24) is 4.98 Å². The molecule has 1 aromatic heterocycles. The summed E-state index contributed by atoms with van der Waals surface area (Å²) in [7, 11) is -3.29. The van der Waals surface area contributed by atoms with Crippen molar-refractivity contribution in [2.45, 2.75) is 19.8 Å². The minimum atomic E-state index is -3.29. The predicted molar refractivity (Wildman–Crippen MR) is 108 cm³/mol. The van der Waals surface area contributed by atoms with Gasteiger partial charge in [0.15, 0.2) is 0 Å². The minimum Gasteiger partial charge on any atom is -0.355 e. The van der Waals surface area contributed by atoms with E-state index in [0.717, 1.165) is 23.1 Å². The summed E-state index contributed by atoms with van der Waals surface area (Å²) in [6, 6.07) is 18.4. The third kappa shape index (κ3) is 4.65. The minimum absolute atomic E-state index is 0.0388. The number of ketones is 1. The Balaban J connectivity index is 1.77. The Labute approximate surface area is 159 Å². The molecule has 3 rings (SSSR count). The molecule has 0 aliphatic carbocycles. The van der Waals surface area contributed by atoms with Gasteiger partial charge in [-0.2, -0.15) is 0 Å². The molecule has 0 saturated carbocycles. The Morgan fingerprint density at radius 2 is 1.59 bits per heavy atom. The van der Waals surface area contributed by atoms with Crippen LogP contribution >= 0.6 is 0 Å². The standard InChI is InChI=1S/C21H22N2O3S/c1-14-4-6-17(7-5-14)21(24)20-13-12-19(22-20)15(2)16-8-10-18(11-9-16)23-27(3,25)26/h4-13,15,22-23H,1-3H3. The van der Waals surface area contributed by atoms with Crippen LogP contribution in [-0.4, -0.2) is 25.4 Å². The predicted octanol–water partition coefficient (Wildman–Crippen LogP) is 4.08. The fourth-order valence-electron chi connectivity index (χ4n) is 2.89. The second-order valence-electron chi connectivity index (χ2n) is 6.74. The molecule has 0 aliphatic rings. The van der Waals surface area contributed by atoms with Crippen LogP contribution in [0.4, 0.5) is 5.69 Å². The van der Waals surface area contributed by atoms with Crippen molar-refractivity contribution in [3.63, 3.8) is 0 Å². The third-order valence-corrected chi connectivity index (χ3v) is 5.05. The molecule has 5 nitrogen and oxygen atoms in total. The second-order valence-corrected chi connectivity index (χ2v) is 8.49.